The lowest BCUT2D eigenvalue weighted by molar-refractivity contribution is 0.0906. The van der Waals surface area contributed by atoms with Crippen LogP contribution in [0.25, 0.3) is 11.5 Å². The highest BCUT2D eigenvalue weighted by atomic mass is 16.5. The Balaban J connectivity index is 2.08. The van der Waals surface area contributed by atoms with Gasteiger partial charge in [0.1, 0.15) is 0 Å². The number of rotatable bonds is 5. The number of hydrogen-bond donors (Lipinski definition) is 2. The fraction of sp³-hybridized carbons (Fsp3) is 0.333. The van der Waals surface area contributed by atoms with Crippen LogP contribution < -0.4 is 5.32 Å². The number of aliphatic hydroxyl groups is 1. The third-order valence-electron chi connectivity index (χ3n) is 2.56. The van der Waals surface area contributed by atoms with E-state index < -0.39 is 0 Å². The van der Waals surface area contributed by atoms with Crippen LogP contribution in [0.4, 0.5) is 0 Å². The third kappa shape index (κ3) is 2.60. The first-order valence-corrected chi connectivity index (χ1v) is 5.67. The molecule has 0 radical (unpaired) electrons. The first-order chi connectivity index (χ1) is 8.74. The highest BCUT2D eigenvalue weighted by molar-refractivity contribution is 5.93. The SMILES string of the molecule is CCC(CO)NC(=O)c1cc(-c2ccco2)on1. The van der Waals surface area contributed by atoms with E-state index in [4.69, 9.17) is 14.0 Å². The van der Waals surface area contributed by atoms with Crippen LogP contribution in [0, 0.1) is 0 Å². The second-order valence-electron chi connectivity index (χ2n) is 3.81. The summed E-state index contributed by atoms with van der Waals surface area (Å²) in [6.45, 7) is 1.77. The van der Waals surface area contributed by atoms with E-state index in [1.807, 2.05) is 6.92 Å². The number of aliphatic hydroxyl groups excluding tert-OH is 1. The summed E-state index contributed by atoms with van der Waals surface area (Å²) in [4.78, 5) is 11.8. The molecule has 0 saturated carbocycles. The summed E-state index contributed by atoms with van der Waals surface area (Å²) in [6, 6.07) is 4.65. The molecule has 1 atom stereocenters. The van der Waals surface area contributed by atoms with Crippen molar-refractivity contribution in [3.63, 3.8) is 0 Å². The van der Waals surface area contributed by atoms with Crippen molar-refractivity contribution in [3.8, 4) is 11.5 Å². The van der Waals surface area contributed by atoms with Crippen LogP contribution in [0.5, 0.6) is 0 Å². The molecule has 6 heteroatoms. The standard InChI is InChI=1S/C12H14N2O4/c1-2-8(7-15)13-12(16)9-6-11(18-14-9)10-4-3-5-17-10/h3-6,8,15H,2,7H2,1H3,(H,13,16). The molecule has 96 valence electrons. The largest absolute Gasteiger partial charge is 0.461 e. The Kier molecular flexibility index (Phi) is 3.78. The van der Waals surface area contributed by atoms with Crippen LogP contribution in [0.15, 0.2) is 33.4 Å². The molecule has 1 unspecified atom stereocenters. The molecule has 2 heterocycles. The Morgan fingerprint density at radius 1 is 1.56 bits per heavy atom. The summed E-state index contributed by atoms with van der Waals surface area (Å²) in [5.74, 6) is 0.524. The van der Waals surface area contributed by atoms with Gasteiger partial charge in [-0.3, -0.25) is 4.79 Å². The quantitative estimate of drug-likeness (QED) is 0.838. The van der Waals surface area contributed by atoms with E-state index in [0.717, 1.165) is 0 Å². The fourth-order valence-electron chi connectivity index (χ4n) is 1.45. The normalized spacial score (nSPS) is 12.3. The van der Waals surface area contributed by atoms with Gasteiger partial charge in [0.05, 0.1) is 18.9 Å². The van der Waals surface area contributed by atoms with E-state index in [0.29, 0.717) is 17.9 Å². The zero-order chi connectivity index (χ0) is 13.0. The van der Waals surface area contributed by atoms with Crippen LogP contribution >= 0.6 is 0 Å². The van der Waals surface area contributed by atoms with E-state index in [-0.39, 0.29) is 24.2 Å². The average Bonchev–Trinajstić information content (AvgIpc) is 3.04. The molecule has 0 saturated heterocycles. The van der Waals surface area contributed by atoms with Crippen molar-refractivity contribution in [1.29, 1.82) is 0 Å². The van der Waals surface area contributed by atoms with Crippen molar-refractivity contribution in [1.82, 2.24) is 10.5 Å². The van der Waals surface area contributed by atoms with Gasteiger partial charge in [-0.25, -0.2) is 0 Å². The molecule has 2 aromatic heterocycles. The monoisotopic (exact) mass is 250 g/mol. The van der Waals surface area contributed by atoms with E-state index in [1.165, 1.54) is 12.3 Å². The lowest BCUT2D eigenvalue weighted by Gasteiger charge is -2.11. The van der Waals surface area contributed by atoms with Gasteiger partial charge in [-0.15, -0.1) is 0 Å². The summed E-state index contributed by atoms with van der Waals surface area (Å²) in [5.41, 5.74) is 0.160. The van der Waals surface area contributed by atoms with E-state index in [9.17, 15) is 4.79 Å². The first kappa shape index (κ1) is 12.4. The third-order valence-corrected chi connectivity index (χ3v) is 2.56. The minimum absolute atomic E-state index is 0.106. The van der Waals surface area contributed by atoms with E-state index >= 15 is 0 Å². The van der Waals surface area contributed by atoms with Gasteiger partial charge in [0.15, 0.2) is 11.5 Å². The highest BCUT2D eigenvalue weighted by Gasteiger charge is 2.17. The zero-order valence-electron chi connectivity index (χ0n) is 9.92. The number of nitrogens with one attached hydrogen (secondary N) is 1. The molecule has 0 spiro atoms. The second kappa shape index (κ2) is 5.50. The molecule has 18 heavy (non-hydrogen) atoms. The topological polar surface area (TPSA) is 88.5 Å². The number of nitrogens with zero attached hydrogens (tertiary/aromatic N) is 1. The predicted molar refractivity (Wildman–Crippen MR) is 62.8 cm³/mol. The molecule has 0 fully saturated rings. The molecular weight excluding hydrogens is 236 g/mol. The number of carbonyl (C=O) groups is 1. The van der Waals surface area contributed by atoms with E-state index in [1.54, 1.807) is 12.1 Å². The maximum atomic E-state index is 11.8. The smallest absolute Gasteiger partial charge is 0.273 e. The lowest BCUT2D eigenvalue weighted by Crippen LogP contribution is -2.37. The highest BCUT2D eigenvalue weighted by Crippen LogP contribution is 2.20. The van der Waals surface area contributed by atoms with Crippen molar-refractivity contribution in [2.75, 3.05) is 6.61 Å². The molecule has 2 N–H and O–H groups in total. The van der Waals surface area contributed by atoms with Crippen molar-refractivity contribution in [2.24, 2.45) is 0 Å². The summed E-state index contributed by atoms with van der Waals surface area (Å²) >= 11 is 0. The number of furan rings is 1. The van der Waals surface area contributed by atoms with Gasteiger partial charge in [-0.05, 0) is 18.6 Å². The second-order valence-corrected chi connectivity index (χ2v) is 3.81. The maximum Gasteiger partial charge on any atom is 0.273 e. The number of aromatic nitrogens is 1. The predicted octanol–water partition coefficient (Wildman–Crippen LogP) is 1.44. The number of carbonyl (C=O) groups excluding carboxylic acids is 1. The minimum atomic E-state index is -0.377. The van der Waals surface area contributed by atoms with Crippen LogP contribution in [-0.4, -0.2) is 28.8 Å². The summed E-state index contributed by atoms with van der Waals surface area (Å²) in [6.07, 6.45) is 2.15. The number of amides is 1. The fourth-order valence-corrected chi connectivity index (χ4v) is 1.45. The van der Waals surface area contributed by atoms with Crippen LogP contribution in [0.2, 0.25) is 0 Å². The number of hydrogen-bond acceptors (Lipinski definition) is 5. The minimum Gasteiger partial charge on any atom is -0.461 e. The summed E-state index contributed by atoms with van der Waals surface area (Å²) in [5, 5.41) is 15.3. The molecule has 1 amide bonds. The van der Waals surface area contributed by atoms with Gasteiger partial charge in [-0.1, -0.05) is 12.1 Å². The Morgan fingerprint density at radius 3 is 3.00 bits per heavy atom. The maximum absolute atomic E-state index is 11.8. The molecule has 0 aromatic carbocycles. The molecule has 2 rings (SSSR count). The van der Waals surface area contributed by atoms with Gasteiger partial charge >= 0.3 is 0 Å². The molecule has 0 bridgehead atoms. The Hall–Kier alpha value is -2.08. The van der Waals surface area contributed by atoms with Gasteiger partial charge in [-0.2, -0.15) is 0 Å². The molecule has 2 aromatic rings. The summed E-state index contributed by atoms with van der Waals surface area (Å²) in [7, 11) is 0. The van der Waals surface area contributed by atoms with E-state index in [2.05, 4.69) is 10.5 Å². The van der Waals surface area contributed by atoms with Crippen LogP contribution in [0.3, 0.4) is 0 Å². The molecule has 0 aliphatic heterocycles. The molecule has 0 aliphatic carbocycles. The Bertz CT molecular complexity index is 500. The van der Waals surface area contributed by atoms with Gasteiger partial charge in [0.25, 0.3) is 5.91 Å². The molecular formula is C12H14N2O4. The van der Waals surface area contributed by atoms with Crippen LogP contribution in [-0.2, 0) is 0 Å². The van der Waals surface area contributed by atoms with Crippen molar-refractivity contribution < 1.29 is 18.8 Å². The van der Waals surface area contributed by atoms with Crippen molar-refractivity contribution >= 4 is 5.91 Å². The van der Waals surface area contributed by atoms with Crippen molar-refractivity contribution in [2.45, 2.75) is 19.4 Å². The van der Waals surface area contributed by atoms with Crippen LogP contribution in [0.1, 0.15) is 23.8 Å². The molecule has 0 aliphatic rings. The summed E-state index contributed by atoms with van der Waals surface area (Å²) < 4.78 is 10.1. The Morgan fingerprint density at radius 2 is 2.39 bits per heavy atom. The lowest BCUT2D eigenvalue weighted by atomic mass is 10.2. The van der Waals surface area contributed by atoms with Crippen molar-refractivity contribution in [3.05, 3.63) is 30.2 Å². The first-order valence-electron chi connectivity index (χ1n) is 5.67. The Labute approximate surface area is 104 Å². The van der Waals surface area contributed by atoms with Gasteiger partial charge in [0, 0.05) is 6.07 Å². The zero-order valence-corrected chi connectivity index (χ0v) is 9.92. The molecule has 6 nitrogen and oxygen atoms in total. The van der Waals surface area contributed by atoms with Gasteiger partial charge < -0.3 is 19.4 Å². The van der Waals surface area contributed by atoms with Gasteiger partial charge in [0.2, 0.25) is 5.76 Å². The average molecular weight is 250 g/mol.